The van der Waals surface area contributed by atoms with Crippen molar-refractivity contribution in [3.63, 3.8) is 0 Å². The molecule has 0 nitrogen and oxygen atoms in total. The van der Waals surface area contributed by atoms with Gasteiger partial charge in [-0.15, -0.1) is 0 Å². The highest BCUT2D eigenvalue weighted by atomic mass is 14.5. The van der Waals surface area contributed by atoms with E-state index in [0.29, 0.717) is 0 Å². The maximum Gasteiger partial charge on any atom is -0.0324 e. The zero-order chi connectivity index (χ0) is 25.8. The van der Waals surface area contributed by atoms with Gasteiger partial charge in [-0.25, -0.2) is 0 Å². The van der Waals surface area contributed by atoms with E-state index in [2.05, 4.69) is 27.7 Å². The first-order valence-electron chi connectivity index (χ1n) is 18.1. The van der Waals surface area contributed by atoms with Crippen LogP contribution in [0.1, 0.15) is 163 Å². The standard InChI is InChI=1S/C23H40.C14H26/c1-3-4-10-21-16(2)14-19-9-6-11-22(19)23(21)20-13-12-17-7-5-8-18(17)15-20;1-3-12-6-4-5-7-14(12)13-9-8-11(2)10-13/h16-23H,3-15H2,1-2H3;11-14H,3-10H2,1-2H3. The van der Waals surface area contributed by atoms with Crippen molar-refractivity contribution in [1.82, 2.24) is 0 Å². The maximum atomic E-state index is 2.63. The van der Waals surface area contributed by atoms with E-state index in [1.807, 2.05) is 0 Å². The smallest absolute Gasteiger partial charge is 0.0324 e. The molecule has 0 aromatic rings. The molecular weight excluding hydrogens is 444 g/mol. The Morgan fingerprint density at radius 1 is 0.541 bits per heavy atom. The quantitative estimate of drug-likeness (QED) is 0.333. The van der Waals surface area contributed by atoms with Crippen LogP contribution < -0.4 is 0 Å². The highest BCUT2D eigenvalue weighted by Gasteiger charge is 2.49. The largest absolute Gasteiger partial charge is 0.0654 e. The van der Waals surface area contributed by atoms with Crippen molar-refractivity contribution in [3.8, 4) is 0 Å². The zero-order valence-corrected chi connectivity index (χ0v) is 25.8. The first-order chi connectivity index (χ1) is 18.1. The molecule has 214 valence electrons. The van der Waals surface area contributed by atoms with E-state index in [1.165, 1.54) is 44.9 Å². The number of fused-ring (bicyclic) bond motifs is 2. The monoisotopic (exact) mass is 511 g/mol. The number of unbranched alkanes of at least 4 members (excludes halogenated alkanes) is 1. The molecule has 0 aromatic heterocycles. The van der Waals surface area contributed by atoms with Crippen molar-refractivity contribution in [2.75, 3.05) is 0 Å². The van der Waals surface area contributed by atoms with Crippen molar-refractivity contribution in [2.24, 2.45) is 71.0 Å². The molecule has 0 radical (unpaired) electrons. The predicted octanol–water partition coefficient (Wildman–Crippen LogP) is 11.7. The van der Waals surface area contributed by atoms with Crippen LogP contribution in [0, 0.1) is 71.0 Å². The molecule has 0 amide bonds. The van der Waals surface area contributed by atoms with E-state index in [0.717, 1.165) is 71.0 Å². The molecule has 6 aliphatic carbocycles. The molecule has 0 saturated heterocycles. The summed E-state index contributed by atoms with van der Waals surface area (Å²) >= 11 is 0. The minimum absolute atomic E-state index is 1.02. The fraction of sp³-hybridized carbons (Fsp3) is 1.00. The SMILES string of the molecule is CCC1CCCCC1C1CCC(C)C1.CCCCC1C(C)CC2CCCC2C1C1CCC2CCCC2C1. The first-order valence-corrected chi connectivity index (χ1v) is 18.1. The molecule has 0 aromatic carbocycles. The number of hydrogen-bond donors (Lipinski definition) is 0. The summed E-state index contributed by atoms with van der Waals surface area (Å²) in [6, 6.07) is 0. The average Bonchev–Trinajstić information content (AvgIpc) is 3.68. The maximum absolute atomic E-state index is 2.63. The van der Waals surface area contributed by atoms with E-state index in [9.17, 15) is 0 Å². The molecule has 37 heavy (non-hydrogen) atoms. The molecule has 0 aliphatic heterocycles. The van der Waals surface area contributed by atoms with Crippen LogP contribution in [-0.4, -0.2) is 0 Å². The van der Waals surface area contributed by atoms with Gasteiger partial charge in [0.25, 0.3) is 0 Å². The molecular formula is C37H66. The lowest BCUT2D eigenvalue weighted by molar-refractivity contribution is -0.0107. The Morgan fingerprint density at radius 2 is 1.22 bits per heavy atom. The van der Waals surface area contributed by atoms with Crippen LogP contribution in [0.2, 0.25) is 0 Å². The lowest BCUT2D eigenvalue weighted by Gasteiger charge is -2.50. The third kappa shape index (κ3) is 6.67. The summed E-state index contributed by atoms with van der Waals surface area (Å²) in [5.74, 6) is 13.2. The van der Waals surface area contributed by atoms with Crippen LogP contribution in [0.3, 0.4) is 0 Å². The molecule has 12 atom stereocenters. The molecule has 0 bridgehead atoms. The van der Waals surface area contributed by atoms with Gasteiger partial charge in [0.05, 0.1) is 0 Å². The Bertz CT molecular complexity index is 665. The summed E-state index contributed by atoms with van der Waals surface area (Å²) in [7, 11) is 0. The van der Waals surface area contributed by atoms with Crippen LogP contribution in [-0.2, 0) is 0 Å². The third-order valence-electron chi connectivity index (χ3n) is 13.7. The van der Waals surface area contributed by atoms with E-state index in [-0.39, 0.29) is 0 Å². The lowest BCUT2D eigenvalue weighted by Crippen LogP contribution is -2.43. The average molecular weight is 511 g/mol. The van der Waals surface area contributed by atoms with Gasteiger partial charge in [-0.3, -0.25) is 0 Å². The number of hydrogen-bond acceptors (Lipinski definition) is 0. The molecule has 6 fully saturated rings. The van der Waals surface area contributed by atoms with Gasteiger partial charge < -0.3 is 0 Å². The van der Waals surface area contributed by atoms with Crippen LogP contribution in [0.4, 0.5) is 0 Å². The van der Waals surface area contributed by atoms with Gasteiger partial charge in [0.15, 0.2) is 0 Å². The Morgan fingerprint density at radius 3 is 2.00 bits per heavy atom. The van der Waals surface area contributed by atoms with E-state index in [4.69, 9.17) is 0 Å². The second-order valence-electron chi connectivity index (χ2n) is 15.8. The molecule has 12 unspecified atom stereocenters. The van der Waals surface area contributed by atoms with E-state index >= 15 is 0 Å². The predicted molar refractivity (Wildman–Crippen MR) is 162 cm³/mol. The highest BCUT2D eigenvalue weighted by Crippen LogP contribution is 2.58. The Hall–Kier alpha value is 0. The fourth-order valence-corrected chi connectivity index (χ4v) is 11.9. The lowest BCUT2D eigenvalue weighted by atomic mass is 9.55. The third-order valence-corrected chi connectivity index (χ3v) is 13.7. The van der Waals surface area contributed by atoms with E-state index in [1.54, 1.807) is 89.9 Å². The van der Waals surface area contributed by atoms with Crippen molar-refractivity contribution in [3.05, 3.63) is 0 Å². The molecule has 0 spiro atoms. The highest BCUT2D eigenvalue weighted by molar-refractivity contribution is 4.98. The summed E-state index contributed by atoms with van der Waals surface area (Å²) in [6.07, 6.45) is 32.4. The zero-order valence-electron chi connectivity index (χ0n) is 25.8. The summed E-state index contributed by atoms with van der Waals surface area (Å²) in [6.45, 7) is 9.87. The van der Waals surface area contributed by atoms with Gasteiger partial charge in [0, 0.05) is 0 Å². The Labute approximate surface area is 233 Å². The Kier molecular flexibility index (Phi) is 10.5. The van der Waals surface area contributed by atoms with E-state index < -0.39 is 0 Å². The summed E-state index contributed by atoms with van der Waals surface area (Å²) in [5.41, 5.74) is 0. The van der Waals surface area contributed by atoms with Gasteiger partial charge in [-0.1, -0.05) is 105 Å². The summed E-state index contributed by atoms with van der Waals surface area (Å²) in [5, 5.41) is 0. The van der Waals surface area contributed by atoms with Crippen LogP contribution >= 0.6 is 0 Å². The van der Waals surface area contributed by atoms with Crippen molar-refractivity contribution in [2.45, 2.75) is 163 Å². The van der Waals surface area contributed by atoms with Crippen LogP contribution in [0.5, 0.6) is 0 Å². The van der Waals surface area contributed by atoms with Gasteiger partial charge in [-0.2, -0.15) is 0 Å². The normalized spacial score (nSPS) is 47.7. The number of rotatable bonds is 6. The molecule has 6 rings (SSSR count). The van der Waals surface area contributed by atoms with Gasteiger partial charge in [0.1, 0.15) is 0 Å². The van der Waals surface area contributed by atoms with Gasteiger partial charge >= 0.3 is 0 Å². The molecule has 0 heteroatoms. The second kappa shape index (κ2) is 13.6. The van der Waals surface area contributed by atoms with Crippen molar-refractivity contribution in [1.29, 1.82) is 0 Å². The van der Waals surface area contributed by atoms with Gasteiger partial charge in [-0.05, 0) is 129 Å². The molecule has 0 N–H and O–H groups in total. The van der Waals surface area contributed by atoms with Crippen molar-refractivity contribution >= 4 is 0 Å². The first kappa shape index (κ1) is 28.5. The van der Waals surface area contributed by atoms with Crippen LogP contribution in [0.15, 0.2) is 0 Å². The second-order valence-corrected chi connectivity index (χ2v) is 15.8. The molecule has 6 saturated carbocycles. The summed E-state index contributed by atoms with van der Waals surface area (Å²) in [4.78, 5) is 0. The topological polar surface area (TPSA) is 0 Å². The minimum Gasteiger partial charge on any atom is -0.0654 e. The van der Waals surface area contributed by atoms with Crippen molar-refractivity contribution < 1.29 is 0 Å². The molecule has 0 heterocycles. The minimum atomic E-state index is 1.02. The fourth-order valence-electron chi connectivity index (χ4n) is 11.9. The van der Waals surface area contributed by atoms with Crippen LogP contribution in [0.25, 0.3) is 0 Å². The molecule has 6 aliphatic rings. The van der Waals surface area contributed by atoms with Gasteiger partial charge in [0.2, 0.25) is 0 Å². The Balaban J connectivity index is 0.000000171. The summed E-state index contributed by atoms with van der Waals surface area (Å²) < 4.78 is 0.